The highest BCUT2D eigenvalue weighted by Crippen LogP contribution is 2.12. The zero-order valence-corrected chi connectivity index (χ0v) is 13.5. The number of benzene rings is 1. The normalized spacial score (nSPS) is 11.2. The first kappa shape index (κ1) is 20.2. The fraction of sp³-hybridized carbons (Fsp3) is 0.467. The van der Waals surface area contributed by atoms with Crippen LogP contribution in [0.4, 0.5) is 0 Å². The van der Waals surface area contributed by atoms with Gasteiger partial charge >= 0.3 is 0 Å². The average molecular weight is 330 g/mol. The molecule has 0 saturated heterocycles. The number of ether oxygens (including phenoxy) is 1. The van der Waals surface area contributed by atoms with Gasteiger partial charge in [0, 0.05) is 18.2 Å². The van der Waals surface area contributed by atoms with Gasteiger partial charge in [0.2, 0.25) is 0 Å². The van der Waals surface area contributed by atoms with Gasteiger partial charge in [-0.15, -0.1) is 12.4 Å². The molecule has 1 rings (SSSR count). The van der Waals surface area contributed by atoms with Crippen molar-refractivity contribution < 1.29 is 14.3 Å². The van der Waals surface area contributed by atoms with Crippen LogP contribution in [0, 0.1) is 0 Å². The van der Waals surface area contributed by atoms with E-state index in [2.05, 4.69) is 12.2 Å². The lowest BCUT2D eigenvalue weighted by Gasteiger charge is -2.16. The number of hydrogen-bond acceptors (Lipinski definition) is 4. The first-order valence-corrected chi connectivity index (χ1v) is 7.09. The number of carbonyl (C=O) groups is 2. The molecule has 0 aromatic heterocycles. The summed E-state index contributed by atoms with van der Waals surface area (Å²) in [4.78, 5) is 22.7. The van der Waals surface area contributed by atoms with Gasteiger partial charge in [-0.3, -0.25) is 9.59 Å². The van der Waals surface area contributed by atoms with E-state index in [4.69, 9.17) is 16.2 Å². The summed E-state index contributed by atoms with van der Waals surface area (Å²) >= 11 is 0. The SMILES string of the molecule is CCCCC(CN)NC(=O)c1ccc(OCC(N)=O)cc1.Cl. The molecule has 0 fully saturated rings. The van der Waals surface area contributed by atoms with Gasteiger partial charge in [0.05, 0.1) is 0 Å². The maximum absolute atomic E-state index is 12.1. The van der Waals surface area contributed by atoms with Crippen LogP contribution in [-0.2, 0) is 4.79 Å². The second-order valence-corrected chi connectivity index (χ2v) is 4.83. The number of amides is 2. The minimum Gasteiger partial charge on any atom is -0.484 e. The molecule has 1 aromatic rings. The van der Waals surface area contributed by atoms with Crippen molar-refractivity contribution in [3.05, 3.63) is 29.8 Å². The Labute approximate surface area is 137 Å². The topological polar surface area (TPSA) is 107 Å². The summed E-state index contributed by atoms with van der Waals surface area (Å²) in [7, 11) is 0. The Balaban J connectivity index is 0.00000441. The van der Waals surface area contributed by atoms with Gasteiger partial charge in [0.15, 0.2) is 6.61 Å². The molecule has 7 heteroatoms. The molecule has 0 aliphatic heterocycles. The number of primary amides is 1. The maximum atomic E-state index is 12.1. The van der Waals surface area contributed by atoms with Gasteiger partial charge in [-0.1, -0.05) is 19.8 Å². The van der Waals surface area contributed by atoms with E-state index in [1.54, 1.807) is 24.3 Å². The van der Waals surface area contributed by atoms with E-state index in [1.165, 1.54) is 0 Å². The third kappa shape index (κ3) is 7.28. The number of carbonyl (C=O) groups excluding carboxylic acids is 2. The van der Waals surface area contributed by atoms with Crippen LogP contribution in [-0.4, -0.2) is 31.0 Å². The Bertz CT molecular complexity index is 466. The quantitative estimate of drug-likeness (QED) is 0.633. The van der Waals surface area contributed by atoms with Crippen LogP contribution in [0.1, 0.15) is 36.5 Å². The second kappa shape index (κ2) is 10.9. The Hall–Kier alpha value is -1.79. The number of halogens is 1. The lowest BCUT2D eigenvalue weighted by Crippen LogP contribution is -2.40. The van der Waals surface area contributed by atoms with Gasteiger partial charge < -0.3 is 21.5 Å². The lowest BCUT2D eigenvalue weighted by atomic mass is 10.1. The third-order valence-corrected chi connectivity index (χ3v) is 3.02. The molecule has 1 unspecified atom stereocenters. The van der Waals surface area contributed by atoms with E-state index in [0.29, 0.717) is 17.9 Å². The Morgan fingerprint density at radius 1 is 1.27 bits per heavy atom. The van der Waals surface area contributed by atoms with Crippen molar-refractivity contribution in [2.45, 2.75) is 32.2 Å². The molecular weight excluding hydrogens is 306 g/mol. The number of rotatable bonds is 9. The standard InChI is InChI=1S/C15H23N3O3.ClH/c1-2-3-4-12(9-16)18-15(20)11-5-7-13(8-6-11)21-10-14(17)19;/h5-8,12H,2-4,9-10,16H2,1H3,(H2,17,19)(H,18,20);1H. The highest BCUT2D eigenvalue weighted by Gasteiger charge is 2.12. The summed E-state index contributed by atoms with van der Waals surface area (Å²) in [5.41, 5.74) is 11.2. The van der Waals surface area contributed by atoms with Crippen molar-refractivity contribution in [3.8, 4) is 5.75 Å². The van der Waals surface area contributed by atoms with Crippen molar-refractivity contribution in [1.82, 2.24) is 5.32 Å². The Morgan fingerprint density at radius 2 is 1.91 bits per heavy atom. The van der Waals surface area contributed by atoms with Gasteiger partial charge in [-0.2, -0.15) is 0 Å². The van der Waals surface area contributed by atoms with E-state index in [0.717, 1.165) is 19.3 Å². The Kier molecular flexibility index (Phi) is 9.98. The first-order chi connectivity index (χ1) is 10.1. The van der Waals surface area contributed by atoms with E-state index >= 15 is 0 Å². The van der Waals surface area contributed by atoms with Crippen LogP contribution in [0.15, 0.2) is 24.3 Å². The largest absolute Gasteiger partial charge is 0.484 e. The van der Waals surface area contributed by atoms with Crippen LogP contribution < -0.4 is 21.5 Å². The molecular formula is C15H24ClN3O3. The molecule has 0 spiro atoms. The molecule has 2 amide bonds. The van der Waals surface area contributed by atoms with Gasteiger partial charge in [0.1, 0.15) is 5.75 Å². The molecule has 1 atom stereocenters. The highest BCUT2D eigenvalue weighted by atomic mass is 35.5. The van der Waals surface area contributed by atoms with Gasteiger partial charge in [0.25, 0.3) is 11.8 Å². The van der Waals surface area contributed by atoms with Crippen LogP contribution in [0.2, 0.25) is 0 Å². The first-order valence-electron chi connectivity index (χ1n) is 7.09. The molecule has 5 N–H and O–H groups in total. The zero-order chi connectivity index (χ0) is 15.7. The summed E-state index contributed by atoms with van der Waals surface area (Å²) in [5, 5.41) is 2.91. The summed E-state index contributed by atoms with van der Waals surface area (Å²) in [5.74, 6) is -0.215. The summed E-state index contributed by atoms with van der Waals surface area (Å²) in [6.07, 6.45) is 2.97. The van der Waals surface area contributed by atoms with Crippen LogP contribution in [0.5, 0.6) is 5.75 Å². The fourth-order valence-corrected chi connectivity index (χ4v) is 1.83. The number of hydrogen-bond donors (Lipinski definition) is 3. The summed E-state index contributed by atoms with van der Waals surface area (Å²) in [6.45, 7) is 2.34. The highest BCUT2D eigenvalue weighted by molar-refractivity contribution is 5.94. The van der Waals surface area contributed by atoms with E-state index in [-0.39, 0.29) is 31.0 Å². The molecule has 0 radical (unpaired) electrons. The van der Waals surface area contributed by atoms with E-state index in [1.807, 2.05) is 0 Å². The Morgan fingerprint density at radius 3 is 2.41 bits per heavy atom. The second-order valence-electron chi connectivity index (χ2n) is 4.83. The number of nitrogens with one attached hydrogen (secondary N) is 1. The minimum atomic E-state index is -0.543. The number of unbranched alkanes of at least 4 members (excludes halogenated alkanes) is 1. The molecule has 0 heterocycles. The number of nitrogens with two attached hydrogens (primary N) is 2. The van der Waals surface area contributed by atoms with Crippen LogP contribution in [0.25, 0.3) is 0 Å². The smallest absolute Gasteiger partial charge is 0.255 e. The average Bonchev–Trinajstić information content (AvgIpc) is 2.49. The fourth-order valence-electron chi connectivity index (χ4n) is 1.83. The maximum Gasteiger partial charge on any atom is 0.255 e. The predicted octanol–water partition coefficient (Wildman–Crippen LogP) is 1.22. The lowest BCUT2D eigenvalue weighted by molar-refractivity contribution is -0.119. The molecule has 0 aliphatic rings. The third-order valence-electron chi connectivity index (χ3n) is 3.02. The van der Waals surface area contributed by atoms with Crippen molar-refractivity contribution in [3.63, 3.8) is 0 Å². The molecule has 22 heavy (non-hydrogen) atoms. The van der Waals surface area contributed by atoms with Crippen molar-refractivity contribution in [2.75, 3.05) is 13.2 Å². The zero-order valence-electron chi connectivity index (χ0n) is 12.7. The van der Waals surface area contributed by atoms with E-state index < -0.39 is 5.91 Å². The van der Waals surface area contributed by atoms with Crippen LogP contribution >= 0.6 is 12.4 Å². The predicted molar refractivity (Wildman–Crippen MR) is 88.2 cm³/mol. The van der Waals surface area contributed by atoms with Crippen LogP contribution in [0.3, 0.4) is 0 Å². The summed E-state index contributed by atoms with van der Waals surface area (Å²) in [6, 6.07) is 6.52. The molecule has 0 saturated carbocycles. The molecule has 1 aromatic carbocycles. The van der Waals surface area contributed by atoms with Crippen molar-refractivity contribution in [1.29, 1.82) is 0 Å². The summed E-state index contributed by atoms with van der Waals surface area (Å²) < 4.78 is 5.13. The minimum absolute atomic E-state index is 0. The van der Waals surface area contributed by atoms with Crippen molar-refractivity contribution in [2.24, 2.45) is 11.5 Å². The van der Waals surface area contributed by atoms with Gasteiger partial charge in [-0.25, -0.2) is 0 Å². The molecule has 0 bridgehead atoms. The molecule has 124 valence electrons. The van der Waals surface area contributed by atoms with Crippen molar-refractivity contribution >= 4 is 24.2 Å². The monoisotopic (exact) mass is 329 g/mol. The van der Waals surface area contributed by atoms with E-state index in [9.17, 15) is 9.59 Å². The van der Waals surface area contributed by atoms with Gasteiger partial charge in [-0.05, 0) is 30.7 Å². The molecule has 0 aliphatic carbocycles. The molecule has 6 nitrogen and oxygen atoms in total.